The number of pyridine rings is 1. The number of aliphatic imine (C=N–C) groups is 1. The van der Waals surface area contributed by atoms with Crippen molar-refractivity contribution in [2.75, 3.05) is 37.6 Å². The zero-order valence-electron chi connectivity index (χ0n) is 10.9. The first-order valence-electron chi connectivity index (χ1n) is 6.13. The maximum atomic E-state index is 5.91. The number of hydrogen-bond acceptors (Lipinski definition) is 3. The number of halogens is 1. The van der Waals surface area contributed by atoms with Crippen LogP contribution in [0.5, 0.6) is 0 Å². The maximum absolute atomic E-state index is 5.91. The molecule has 0 saturated carbocycles. The molecule has 0 atom stereocenters. The summed E-state index contributed by atoms with van der Waals surface area (Å²) in [7, 11) is 0. The zero-order chi connectivity index (χ0) is 12.8. The summed E-state index contributed by atoms with van der Waals surface area (Å²) in [6, 6.07) is 5.97. The summed E-state index contributed by atoms with van der Waals surface area (Å²) in [4.78, 5) is 12.9. The van der Waals surface area contributed by atoms with Crippen LogP contribution in [0.2, 0.25) is 0 Å². The number of aromatic nitrogens is 1. The van der Waals surface area contributed by atoms with E-state index in [2.05, 4.69) is 26.4 Å². The van der Waals surface area contributed by atoms with Crippen molar-refractivity contribution in [2.45, 2.75) is 0 Å². The Morgan fingerprint density at radius 1 is 1.37 bits per heavy atom. The number of nitrogens with zero attached hydrogens (tertiary/aromatic N) is 4. The van der Waals surface area contributed by atoms with Crippen molar-refractivity contribution in [1.82, 2.24) is 9.88 Å². The van der Waals surface area contributed by atoms with Gasteiger partial charge in [-0.25, -0.2) is 9.98 Å². The molecule has 0 spiro atoms. The molecule has 6 heteroatoms. The van der Waals surface area contributed by atoms with E-state index < -0.39 is 0 Å². The maximum Gasteiger partial charge on any atom is 0.191 e. The van der Waals surface area contributed by atoms with Crippen molar-refractivity contribution in [3.05, 3.63) is 37.1 Å². The average molecular weight is 373 g/mol. The molecule has 1 fully saturated rings. The number of piperazine rings is 1. The highest BCUT2D eigenvalue weighted by Gasteiger charge is 2.18. The van der Waals surface area contributed by atoms with Gasteiger partial charge in [0.2, 0.25) is 0 Å². The van der Waals surface area contributed by atoms with E-state index in [0.717, 1.165) is 32.0 Å². The Balaban J connectivity index is 0.00000180. The highest BCUT2D eigenvalue weighted by Crippen LogP contribution is 2.12. The van der Waals surface area contributed by atoms with Gasteiger partial charge in [-0.05, 0) is 12.1 Å². The van der Waals surface area contributed by atoms with Crippen LogP contribution in [0.3, 0.4) is 0 Å². The molecule has 2 N–H and O–H groups in total. The van der Waals surface area contributed by atoms with Crippen LogP contribution in [-0.2, 0) is 0 Å². The lowest BCUT2D eigenvalue weighted by Gasteiger charge is -2.35. The van der Waals surface area contributed by atoms with Gasteiger partial charge in [-0.2, -0.15) is 0 Å². The van der Waals surface area contributed by atoms with Gasteiger partial charge in [0.1, 0.15) is 5.82 Å². The monoisotopic (exact) mass is 373 g/mol. The van der Waals surface area contributed by atoms with E-state index in [-0.39, 0.29) is 24.0 Å². The van der Waals surface area contributed by atoms with Crippen molar-refractivity contribution in [2.24, 2.45) is 10.7 Å². The van der Waals surface area contributed by atoms with Gasteiger partial charge in [-0.1, -0.05) is 12.1 Å². The van der Waals surface area contributed by atoms with Crippen molar-refractivity contribution >= 4 is 35.8 Å². The molecular formula is C13H20IN5. The van der Waals surface area contributed by atoms with Crippen LogP contribution < -0.4 is 10.6 Å². The molecule has 5 nitrogen and oxygen atoms in total. The van der Waals surface area contributed by atoms with Gasteiger partial charge in [0.15, 0.2) is 5.96 Å². The summed E-state index contributed by atoms with van der Waals surface area (Å²) in [6.07, 6.45) is 3.57. The largest absolute Gasteiger partial charge is 0.370 e. The van der Waals surface area contributed by atoms with Gasteiger partial charge in [0.25, 0.3) is 0 Å². The second-order valence-electron chi connectivity index (χ2n) is 4.15. The van der Waals surface area contributed by atoms with Crippen LogP contribution in [0.25, 0.3) is 0 Å². The lowest BCUT2D eigenvalue weighted by molar-refractivity contribution is 0.380. The molecule has 1 saturated heterocycles. The van der Waals surface area contributed by atoms with E-state index in [4.69, 9.17) is 5.73 Å². The molecule has 0 amide bonds. The fraction of sp³-hybridized carbons (Fsp3) is 0.385. The van der Waals surface area contributed by atoms with Gasteiger partial charge in [-0.3, -0.25) is 0 Å². The molecule has 1 aliphatic rings. The van der Waals surface area contributed by atoms with E-state index in [9.17, 15) is 0 Å². The van der Waals surface area contributed by atoms with E-state index >= 15 is 0 Å². The molecule has 0 aliphatic carbocycles. The standard InChI is InChI=1S/C13H19N5.HI/c1-2-6-16-13(14)18-10-8-17(9-11-18)12-5-3-4-7-15-12;/h2-5,7H,1,6,8-11H2,(H2,14,16);1H. The minimum atomic E-state index is 0. The van der Waals surface area contributed by atoms with Gasteiger partial charge >= 0.3 is 0 Å². The molecule has 1 aliphatic heterocycles. The van der Waals surface area contributed by atoms with E-state index in [1.807, 2.05) is 24.4 Å². The van der Waals surface area contributed by atoms with Crippen LogP contribution in [0, 0.1) is 0 Å². The fourth-order valence-electron chi connectivity index (χ4n) is 1.96. The van der Waals surface area contributed by atoms with Gasteiger partial charge in [0, 0.05) is 32.4 Å². The Morgan fingerprint density at radius 2 is 2.11 bits per heavy atom. The molecule has 0 bridgehead atoms. The summed E-state index contributed by atoms with van der Waals surface area (Å²) in [5.74, 6) is 1.63. The van der Waals surface area contributed by atoms with Crippen LogP contribution >= 0.6 is 24.0 Å². The van der Waals surface area contributed by atoms with Gasteiger partial charge in [0.05, 0.1) is 6.54 Å². The normalized spacial score (nSPS) is 15.9. The molecular weight excluding hydrogens is 353 g/mol. The SMILES string of the molecule is C=CCN=C(N)N1CCN(c2ccccn2)CC1.I. The molecule has 0 unspecified atom stereocenters. The molecule has 1 aromatic heterocycles. The zero-order valence-corrected chi connectivity index (χ0v) is 13.2. The van der Waals surface area contributed by atoms with Crippen molar-refractivity contribution < 1.29 is 0 Å². The Kier molecular flexibility index (Phi) is 6.61. The molecule has 2 heterocycles. The summed E-state index contributed by atoms with van der Waals surface area (Å²) in [5.41, 5.74) is 5.91. The number of rotatable bonds is 3. The summed E-state index contributed by atoms with van der Waals surface area (Å²) in [6.45, 7) is 7.80. The Labute approximate surface area is 131 Å². The predicted molar refractivity (Wildman–Crippen MR) is 90.1 cm³/mol. The van der Waals surface area contributed by atoms with Crippen LogP contribution in [-0.4, -0.2) is 48.6 Å². The lowest BCUT2D eigenvalue weighted by Crippen LogP contribution is -2.51. The number of anilines is 1. The van der Waals surface area contributed by atoms with Crippen molar-refractivity contribution in [3.8, 4) is 0 Å². The molecule has 0 radical (unpaired) electrons. The third-order valence-electron chi connectivity index (χ3n) is 2.96. The Bertz CT molecular complexity index is 412. The lowest BCUT2D eigenvalue weighted by atomic mass is 10.3. The van der Waals surface area contributed by atoms with Gasteiger partial charge < -0.3 is 15.5 Å². The minimum Gasteiger partial charge on any atom is -0.370 e. The summed E-state index contributed by atoms with van der Waals surface area (Å²) >= 11 is 0. The van der Waals surface area contributed by atoms with Crippen LogP contribution in [0.15, 0.2) is 42.0 Å². The molecule has 2 rings (SSSR count). The van der Waals surface area contributed by atoms with E-state index in [1.165, 1.54) is 0 Å². The third-order valence-corrected chi connectivity index (χ3v) is 2.96. The van der Waals surface area contributed by atoms with E-state index in [1.54, 1.807) is 6.08 Å². The number of guanidine groups is 1. The third kappa shape index (κ3) is 4.38. The second-order valence-corrected chi connectivity index (χ2v) is 4.15. The van der Waals surface area contributed by atoms with Crippen molar-refractivity contribution in [3.63, 3.8) is 0 Å². The molecule has 0 aromatic carbocycles. The first kappa shape index (κ1) is 15.7. The molecule has 1 aromatic rings. The Hall–Kier alpha value is -1.31. The smallest absolute Gasteiger partial charge is 0.191 e. The molecule has 104 valence electrons. The average Bonchev–Trinajstić information content (AvgIpc) is 2.46. The van der Waals surface area contributed by atoms with Crippen molar-refractivity contribution in [1.29, 1.82) is 0 Å². The predicted octanol–water partition coefficient (Wildman–Crippen LogP) is 1.32. The van der Waals surface area contributed by atoms with Crippen LogP contribution in [0.4, 0.5) is 5.82 Å². The van der Waals surface area contributed by atoms with Crippen LogP contribution in [0.1, 0.15) is 0 Å². The highest BCUT2D eigenvalue weighted by molar-refractivity contribution is 14.0. The molecule has 19 heavy (non-hydrogen) atoms. The first-order valence-corrected chi connectivity index (χ1v) is 6.13. The fourth-order valence-corrected chi connectivity index (χ4v) is 1.96. The van der Waals surface area contributed by atoms with E-state index in [0.29, 0.717) is 12.5 Å². The quantitative estimate of drug-likeness (QED) is 0.376. The summed E-state index contributed by atoms with van der Waals surface area (Å²) in [5, 5.41) is 0. The minimum absolute atomic E-state index is 0. The highest BCUT2D eigenvalue weighted by atomic mass is 127. The number of nitrogens with two attached hydrogens (primary N) is 1. The second kappa shape index (κ2) is 7.98. The first-order chi connectivity index (χ1) is 8.81. The topological polar surface area (TPSA) is 57.8 Å². The Morgan fingerprint density at radius 3 is 2.68 bits per heavy atom. The number of hydrogen-bond donors (Lipinski definition) is 1. The van der Waals surface area contributed by atoms with Gasteiger partial charge in [-0.15, -0.1) is 30.6 Å². The summed E-state index contributed by atoms with van der Waals surface area (Å²) < 4.78 is 0.